The number of carbonyl (C=O) groups excluding carboxylic acids is 3. The summed E-state index contributed by atoms with van der Waals surface area (Å²) < 4.78 is 10.1. The van der Waals surface area contributed by atoms with Crippen LogP contribution >= 0.6 is 0 Å². The summed E-state index contributed by atoms with van der Waals surface area (Å²) in [5.41, 5.74) is 0.834. The van der Waals surface area contributed by atoms with Crippen molar-refractivity contribution < 1.29 is 23.9 Å². The number of methoxy groups -OCH3 is 1. The SMILES string of the molecule is COC(=O)C(CNC(=O)OC(C)(C)C)N(CC(C)C)C(=O)c1ccc(C)cc1. The van der Waals surface area contributed by atoms with Crippen molar-refractivity contribution >= 4 is 18.0 Å². The van der Waals surface area contributed by atoms with Gasteiger partial charge in [0.1, 0.15) is 11.6 Å². The van der Waals surface area contributed by atoms with E-state index < -0.39 is 23.7 Å². The quantitative estimate of drug-likeness (QED) is 0.721. The largest absolute Gasteiger partial charge is 0.467 e. The van der Waals surface area contributed by atoms with Gasteiger partial charge in [0.15, 0.2) is 0 Å². The standard InChI is InChI=1S/C21H32N2O5/c1-14(2)13-23(18(24)16-10-8-15(3)9-11-16)17(19(25)27-7)12-22-20(26)28-21(4,5)6/h8-11,14,17H,12-13H2,1-7H3,(H,22,26). The van der Waals surface area contributed by atoms with Gasteiger partial charge in [-0.15, -0.1) is 0 Å². The van der Waals surface area contributed by atoms with Crippen molar-refractivity contribution in [1.82, 2.24) is 10.2 Å². The predicted octanol–water partition coefficient (Wildman–Crippen LogP) is 3.16. The fourth-order valence-corrected chi connectivity index (χ4v) is 2.56. The van der Waals surface area contributed by atoms with E-state index in [-0.39, 0.29) is 18.4 Å². The summed E-state index contributed by atoms with van der Waals surface area (Å²) in [4.78, 5) is 39.0. The second-order valence-corrected chi connectivity index (χ2v) is 8.14. The first-order chi connectivity index (χ1) is 12.9. The summed E-state index contributed by atoms with van der Waals surface area (Å²) in [5.74, 6) is -0.782. The average Bonchev–Trinajstić information content (AvgIpc) is 2.58. The van der Waals surface area contributed by atoms with Crippen molar-refractivity contribution in [2.75, 3.05) is 20.2 Å². The number of aryl methyl sites for hydroxylation is 1. The Bertz CT molecular complexity index is 677. The van der Waals surface area contributed by atoms with E-state index in [1.54, 1.807) is 32.9 Å². The van der Waals surface area contributed by atoms with Crippen LogP contribution in [0.15, 0.2) is 24.3 Å². The van der Waals surface area contributed by atoms with Gasteiger partial charge in [0.25, 0.3) is 5.91 Å². The molecule has 1 N–H and O–H groups in total. The topological polar surface area (TPSA) is 84.9 Å². The highest BCUT2D eigenvalue weighted by molar-refractivity contribution is 5.97. The summed E-state index contributed by atoms with van der Waals surface area (Å²) in [7, 11) is 1.26. The number of nitrogens with one attached hydrogen (secondary N) is 1. The van der Waals surface area contributed by atoms with Crippen LogP contribution in [0, 0.1) is 12.8 Å². The third-order valence-electron chi connectivity index (χ3n) is 3.81. The molecule has 1 unspecified atom stereocenters. The van der Waals surface area contributed by atoms with E-state index in [1.165, 1.54) is 12.0 Å². The maximum atomic E-state index is 13.1. The molecule has 0 aliphatic carbocycles. The highest BCUT2D eigenvalue weighted by Crippen LogP contribution is 2.14. The molecule has 7 nitrogen and oxygen atoms in total. The summed E-state index contributed by atoms with van der Waals surface area (Å²) in [6.07, 6.45) is -0.659. The van der Waals surface area contributed by atoms with Gasteiger partial charge in [0.05, 0.1) is 13.7 Å². The van der Waals surface area contributed by atoms with Crippen LogP contribution in [0.2, 0.25) is 0 Å². The molecule has 0 bridgehead atoms. The van der Waals surface area contributed by atoms with Crippen molar-refractivity contribution in [3.63, 3.8) is 0 Å². The Labute approximate surface area is 167 Å². The highest BCUT2D eigenvalue weighted by atomic mass is 16.6. The van der Waals surface area contributed by atoms with Crippen molar-refractivity contribution in [1.29, 1.82) is 0 Å². The van der Waals surface area contributed by atoms with E-state index in [0.717, 1.165) is 5.56 Å². The number of hydrogen-bond acceptors (Lipinski definition) is 5. The van der Waals surface area contributed by atoms with E-state index in [1.807, 2.05) is 32.9 Å². The first-order valence-electron chi connectivity index (χ1n) is 9.37. The lowest BCUT2D eigenvalue weighted by molar-refractivity contribution is -0.146. The number of carbonyl (C=O) groups is 3. The van der Waals surface area contributed by atoms with E-state index in [4.69, 9.17) is 9.47 Å². The first kappa shape index (κ1) is 23.5. The minimum atomic E-state index is -0.964. The Balaban J connectivity index is 3.08. The molecule has 1 aromatic rings. The van der Waals surface area contributed by atoms with E-state index in [2.05, 4.69) is 5.32 Å². The van der Waals surface area contributed by atoms with Gasteiger partial charge in [0, 0.05) is 12.1 Å². The lowest BCUT2D eigenvalue weighted by atomic mass is 10.1. The average molecular weight is 392 g/mol. The normalized spacial score (nSPS) is 12.3. The minimum absolute atomic E-state index is 0.105. The molecule has 0 spiro atoms. The Morgan fingerprint density at radius 3 is 2.14 bits per heavy atom. The van der Waals surface area contributed by atoms with Crippen molar-refractivity contribution in [3.8, 4) is 0 Å². The van der Waals surface area contributed by atoms with Gasteiger partial charge in [-0.2, -0.15) is 0 Å². The lowest BCUT2D eigenvalue weighted by Gasteiger charge is -2.32. The number of benzene rings is 1. The van der Waals surface area contributed by atoms with Gasteiger partial charge in [0.2, 0.25) is 0 Å². The molecule has 1 atom stereocenters. The number of esters is 1. The zero-order valence-electron chi connectivity index (χ0n) is 17.9. The van der Waals surface area contributed by atoms with Gasteiger partial charge in [-0.25, -0.2) is 9.59 Å². The van der Waals surface area contributed by atoms with Crippen LogP contribution in [0.1, 0.15) is 50.5 Å². The summed E-state index contributed by atoms with van der Waals surface area (Å²) >= 11 is 0. The molecule has 7 heteroatoms. The molecular weight excluding hydrogens is 360 g/mol. The summed E-state index contributed by atoms with van der Waals surface area (Å²) in [6.45, 7) is 11.3. The third kappa shape index (κ3) is 7.58. The van der Waals surface area contributed by atoms with Gasteiger partial charge in [-0.1, -0.05) is 31.5 Å². The van der Waals surface area contributed by atoms with Gasteiger partial charge >= 0.3 is 12.1 Å². The van der Waals surface area contributed by atoms with Crippen LogP contribution in [-0.4, -0.2) is 54.7 Å². The third-order valence-corrected chi connectivity index (χ3v) is 3.81. The molecule has 1 aromatic carbocycles. The van der Waals surface area contributed by atoms with Crippen LogP contribution in [0.5, 0.6) is 0 Å². The number of ether oxygens (including phenoxy) is 2. The molecule has 0 aliphatic rings. The van der Waals surface area contributed by atoms with Gasteiger partial charge < -0.3 is 19.7 Å². The molecule has 0 radical (unpaired) electrons. The maximum absolute atomic E-state index is 13.1. The number of amides is 2. The highest BCUT2D eigenvalue weighted by Gasteiger charge is 2.32. The molecule has 28 heavy (non-hydrogen) atoms. The van der Waals surface area contributed by atoms with Crippen molar-refractivity contribution in [2.45, 2.75) is 53.2 Å². The number of nitrogens with zero attached hydrogens (tertiary/aromatic N) is 1. The number of rotatable bonds is 7. The molecular formula is C21H32N2O5. The Kier molecular flexibility index (Phi) is 8.47. The van der Waals surface area contributed by atoms with Gasteiger partial charge in [-0.05, 0) is 45.7 Å². The molecule has 0 aliphatic heterocycles. The van der Waals surface area contributed by atoms with Gasteiger partial charge in [-0.3, -0.25) is 4.79 Å². The maximum Gasteiger partial charge on any atom is 0.407 e. The Morgan fingerprint density at radius 1 is 1.11 bits per heavy atom. The lowest BCUT2D eigenvalue weighted by Crippen LogP contribution is -2.53. The van der Waals surface area contributed by atoms with Crippen LogP contribution in [0.4, 0.5) is 4.79 Å². The molecule has 0 saturated carbocycles. The zero-order valence-corrected chi connectivity index (χ0v) is 17.9. The zero-order chi connectivity index (χ0) is 21.5. The Morgan fingerprint density at radius 2 is 1.68 bits per heavy atom. The van der Waals surface area contributed by atoms with Crippen LogP contribution in [0.25, 0.3) is 0 Å². The van der Waals surface area contributed by atoms with Crippen LogP contribution in [-0.2, 0) is 14.3 Å². The van der Waals surface area contributed by atoms with Crippen molar-refractivity contribution in [2.24, 2.45) is 5.92 Å². The predicted molar refractivity (Wildman–Crippen MR) is 107 cm³/mol. The molecule has 156 valence electrons. The molecule has 2 amide bonds. The second kappa shape index (κ2) is 10.1. The smallest absolute Gasteiger partial charge is 0.407 e. The molecule has 0 saturated heterocycles. The summed E-state index contributed by atoms with van der Waals surface area (Å²) in [5, 5.41) is 2.57. The number of hydrogen-bond donors (Lipinski definition) is 1. The molecule has 0 aromatic heterocycles. The molecule has 0 heterocycles. The molecule has 1 rings (SSSR count). The molecule has 0 fully saturated rings. The summed E-state index contributed by atoms with van der Waals surface area (Å²) in [6, 6.07) is 6.16. The Hall–Kier alpha value is -2.57. The fourth-order valence-electron chi connectivity index (χ4n) is 2.56. The number of alkyl carbamates (subject to hydrolysis) is 1. The monoisotopic (exact) mass is 392 g/mol. The van der Waals surface area contributed by atoms with E-state index >= 15 is 0 Å². The fraction of sp³-hybridized carbons (Fsp3) is 0.571. The van der Waals surface area contributed by atoms with E-state index in [9.17, 15) is 14.4 Å². The van der Waals surface area contributed by atoms with Crippen LogP contribution in [0.3, 0.4) is 0 Å². The second-order valence-electron chi connectivity index (χ2n) is 8.14. The minimum Gasteiger partial charge on any atom is -0.467 e. The van der Waals surface area contributed by atoms with Crippen molar-refractivity contribution in [3.05, 3.63) is 35.4 Å². The first-order valence-corrected chi connectivity index (χ1v) is 9.37. The van der Waals surface area contributed by atoms with E-state index in [0.29, 0.717) is 12.1 Å². The van der Waals surface area contributed by atoms with Crippen LogP contribution < -0.4 is 5.32 Å².